The van der Waals surface area contributed by atoms with E-state index in [1.54, 1.807) is 0 Å². The molecule has 110 valence electrons. The summed E-state index contributed by atoms with van der Waals surface area (Å²) in [6, 6.07) is 4.07. The minimum absolute atomic E-state index is 0.232. The van der Waals surface area contributed by atoms with Gasteiger partial charge in [-0.1, -0.05) is 0 Å². The second-order valence-electron chi connectivity index (χ2n) is 3.84. The number of halogens is 2. The summed E-state index contributed by atoms with van der Waals surface area (Å²) in [7, 11) is -4.32. The van der Waals surface area contributed by atoms with Gasteiger partial charge in [0, 0.05) is 12.1 Å². The third-order valence-electron chi connectivity index (χ3n) is 2.38. The Hall–Kier alpha value is -2.62. The van der Waals surface area contributed by atoms with Crippen molar-refractivity contribution in [2.24, 2.45) is 0 Å². The number of benzene rings is 1. The number of hydrogen-bond donors (Lipinski definition) is 1. The Morgan fingerprint density at radius 2 is 1.90 bits per heavy atom. The fraction of sp³-hybridized carbons (Fsp3) is 0. The van der Waals surface area contributed by atoms with Crippen molar-refractivity contribution in [1.82, 2.24) is 4.98 Å². The zero-order chi connectivity index (χ0) is 15.6. The van der Waals surface area contributed by atoms with Crippen LogP contribution in [0.2, 0.25) is 0 Å². The Labute approximate surface area is 117 Å². The quantitative estimate of drug-likeness (QED) is 0.687. The monoisotopic (exact) mass is 315 g/mol. The highest BCUT2D eigenvalue weighted by Gasteiger charge is 2.20. The van der Waals surface area contributed by atoms with Gasteiger partial charge in [-0.3, -0.25) is 14.8 Å². The number of nitrogens with zero attached hydrogens (tertiary/aromatic N) is 2. The standard InChI is InChI=1S/C11H7F2N3O4S/c12-7-1-3-10(9(13)5-7)21(19,20)15-11-4-2-8(6-14-11)16(17)18/h1-6H,(H,14,15). The van der Waals surface area contributed by atoms with Crippen LogP contribution in [-0.2, 0) is 10.0 Å². The predicted molar refractivity (Wildman–Crippen MR) is 68.1 cm³/mol. The van der Waals surface area contributed by atoms with Crippen LogP contribution in [0.4, 0.5) is 20.3 Å². The molecule has 0 aliphatic rings. The van der Waals surface area contributed by atoms with Crippen molar-refractivity contribution in [1.29, 1.82) is 0 Å². The van der Waals surface area contributed by atoms with E-state index in [2.05, 4.69) is 4.98 Å². The van der Waals surface area contributed by atoms with E-state index < -0.39 is 31.5 Å². The molecule has 1 aromatic carbocycles. The fourth-order valence-electron chi connectivity index (χ4n) is 1.44. The van der Waals surface area contributed by atoms with Crippen molar-refractivity contribution in [3.63, 3.8) is 0 Å². The first-order valence-electron chi connectivity index (χ1n) is 5.38. The van der Waals surface area contributed by atoms with Crippen LogP contribution in [0.5, 0.6) is 0 Å². The number of nitro groups is 1. The van der Waals surface area contributed by atoms with Crippen LogP contribution >= 0.6 is 0 Å². The zero-order valence-corrected chi connectivity index (χ0v) is 11.0. The molecule has 0 aliphatic carbocycles. The minimum Gasteiger partial charge on any atom is -0.263 e. The largest absolute Gasteiger partial charge is 0.287 e. The second kappa shape index (κ2) is 5.40. The maximum atomic E-state index is 13.4. The van der Waals surface area contributed by atoms with Gasteiger partial charge >= 0.3 is 0 Å². The Morgan fingerprint density at radius 3 is 2.43 bits per heavy atom. The van der Waals surface area contributed by atoms with Crippen molar-refractivity contribution in [2.75, 3.05) is 4.72 Å². The van der Waals surface area contributed by atoms with E-state index in [4.69, 9.17) is 0 Å². The lowest BCUT2D eigenvalue weighted by Crippen LogP contribution is -2.15. The van der Waals surface area contributed by atoms with Crippen molar-refractivity contribution < 1.29 is 22.1 Å². The van der Waals surface area contributed by atoms with Gasteiger partial charge in [0.1, 0.15) is 28.5 Å². The fourth-order valence-corrected chi connectivity index (χ4v) is 2.51. The smallest absolute Gasteiger partial charge is 0.263 e. The van der Waals surface area contributed by atoms with Crippen molar-refractivity contribution in [3.05, 3.63) is 58.3 Å². The topological polar surface area (TPSA) is 102 Å². The summed E-state index contributed by atoms with van der Waals surface area (Å²) >= 11 is 0. The maximum absolute atomic E-state index is 13.4. The number of pyridine rings is 1. The summed E-state index contributed by atoms with van der Waals surface area (Å²) in [5.41, 5.74) is -0.328. The first-order valence-corrected chi connectivity index (χ1v) is 6.86. The molecule has 0 aliphatic heterocycles. The summed E-state index contributed by atoms with van der Waals surface area (Å²) < 4.78 is 51.9. The molecule has 0 amide bonds. The van der Waals surface area contributed by atoms with E-state index in [1.807, 2.05) is 4.72 Å². The number of hydrogen-bond acceptors (Lipinski definition) is 5. The van der Waals surface area contributed by atoms with E-state index in [1.165, 1.54) is 0 Å². The summed E-state index contributed by atoms with van der Waals surface area (Å²) in [6.45, 7) is 0. The average Bonchev–Trinajstić information content (AvgIpc) is 2.38. The van der Waals surface area contributed by atoms with Gasteiger partial charge in [0.15, 0.2) is 0 Å². The lowest BCUT2D eigenvalue weighted by atomic mass is 10.3. The third kappa shape index (κ3) is 3.28. The van der Waals surface area contributed by atoms with Crippen LogP contribution in [0.25, 0.3) is 0 Å². The third-order valence-corrected chi connectivity index (χ3v) is 3.77. The summed E-state index contributed by atoms with van der Waals surface area (Å²) in [5, 5.41) is 10.4. The molecule has 10 heteroatoms. The molecule has 0 saturated heterocycles. The number of anilines is 1. The first kappa shape index (κ1) is 14.8. The number of nitrogens with one attached hydrogen (secondary N) is 1. The van der Waals surface area contributed by atoms with Gasteiger partial charge < -0.3 is 0 Å². The van der Waals surface area contributed by atoms with Gasteiger partial charge in [-0.2, -0.15) is 0 Å². The molecule has 0 unspecified atom stereocenters. The molecule has 7 nitrogen and oxygen atoms in total. The van der Waals surface area contributed by atoms with Crippen molar-refractivity contribution in [2.45, 2.75) is 4.90 Å². The zero-order valence-electron chi connectivity index (χ0n) is 10.2. The molecule has 2 rings (SSSR count). The van der Waals surface area contributed by atoms with Crippen LogP contribution in [0.1, 0.15) is 0 Å². The van der Waals surface area contributed by atoms with Gasteiger partial charge in [-0.15, -0.1) is 0 Å². The molecule has 0 atom stereocenters. The highest BCUT2D eigenvalue weighted by molar-refractivity contribution is 7.92. The number of rotatable bonds is 4. The van der Waals surface area contributed by atoms with E-state index in [-0.39, 0.29) is 11.5 Å². The van der Waals surface area contributed by atoms with Crippen LogP contribution < -0.4 is 4.72 Å². The summed E-state index contributed by atoms with van der Waals surface area (Å²) in [4.78, 5) is 12.5. The van der Waals surface area contributed by atoms with E-state index in [9.17, 15) is 27.3 Å². The molecule has 21 heavy (non-hydrogen) atoms. The molecular weight excluding hydrogens is 308 g/mol. The molecule has 1 aromatic heterocycles. The normalized spacial score (nSPS) is 11.1. The molecule has 0 radical (unpaired) electrons. The molecular formula is C11H7F2N3O4S. The lowest BCUT2D eigenvalue weighted by molar-refractivity contribution is -0.385. The maximum Gasteiger partial charge on any atom is 0.287 e. The predicted octanol–water partition coefficient (Wildman–Crippen LogP) is 2.07. The molecule has 0 bridgehead atoms. The number of sulfonamides is 1. The van der Waals surface area contributed by atoms with Crippen LogP contribution in [-0.4, -0.2) is 18.3 Å². The van der Waals surface area contributed by atoms with Crippen LogP contribution in [0.15, 0.2) is 41.4 Å². The lowest BCUT2D eigenvalue weighted by Gasteiger charge is -2.07. The highest BCUT2D eigenvalue weighted by Crippen LogP contribution is 2.19. The Kier molecular flexibility index (Phi) is 3.80. The van der Waals surface area contributed by atoms with Crippen LogP contribution in [0, 0.1) is 21.7 Å². The first-order chi connectivity index (χ1) is 9.79. The Morgan fingerprint density at radius 1 is 1.19 bits per heavy atom. The average molecular weight is 315 g/mol. The molecule has 0 spiro atoms. The second-order valence-corrected chi connectivity index (χ2v) is 5.49. The minimum atomic E-state index is -4.32. The Balaban J connectivity index is 2.30. The molecule has 1 N–H and O–H groups in total. The number of aromatic nitrogens is 1. The van der Waals surface area contributed by atoms with Gasteiger partial charge in [-0.25, -0.2) is 22.2 Å². The molecule has 1 heterocycles. The van der Waals surface area contributed by atoms with Crippen LogP contribution in [0.3, 0.4) is 0 Å². The van der Waals surface area contributed by atoms with E-state index in [0.717, 1.165) is 30.5 Å². The highest BCUT2D eigenvalue weighted by atomic mass is 32.2. The van der Waals surface area contributed by atoms with Crippen molar-refractivity contribution >= 4 is 21.5 Å². The van der Waals surface area contributed by atoms with E-state index >= 15 is 0 Å². The van der Waals surface area contributed by atoms with Gasteiger partial charge in [0.2, 0.25) is 0 Å². The van der Waals surface area contributed by atoms with Gasteiger partial charge in [-0.05, 0) is 18.2 Å². The van der Waals surface area contributed by atoms with Gasteiger partial charge in [0.05, 0.1) is 4.92 Å². The SMILES string of the molecule is O=[N+]([O-])c1ccc(NS(=O)(=O)c2ccc(F)cc2F)nc1. The summed E-state index contributed by atoms with van der Waals surface area (Å²) in [5.74, 6) is -2.41. The molecule has 0 saturated carbocycles. The summed E-state index contributed by atoms with van der Waals surface area (Å²) in [6.07, 6.45) is 0.846. The molecule has 0 fully saturated rings. The Bertz CT molecular complexity index is 794. The van der Waals surface area contributed by atoms with Crippen molar-refractivity contribution in [3.8, 4) is 0 Å². The van der Waals surface area contributed by atoms with Gasteiger partial charge in [0.25, 0.3) is 15.7 Å². The van der Waals surface area contributed by atoms with E-state index in [0.29, 0.717) is 6.07 Å². The molecule has 2 aromatic rings.